The van der Waals surface area contributed by atoms with E-state index in [0.29, 0.717) is 29.4 Å². The molecule has 154 valence electrons. The van der Waals surface area contributed by atoms with E-state index in [1.807, 2.05) is 19.1 Å². The summed E-state index contributed by atoms with van der Waals surface area (Å²) >= 11 is 0. The normalized spacial score (nSPS) is 15.3. The Kier molecular flexibility index (Phi) is 5.17. The van der Waals surface area contributed by atoms with E-state index < -0.39 is 5.60 Å². The number of benzene rings is 1. The van der Waals surface area contributed by atoms with Crippen molar-refractivity contribution in [2.24, 2.45) is 0 Å². The third kappa shape index (κ3) is 3.92. The number of fused-ring (bicyclic) bond motifs is 1. The summed E-state index contributed by atoms with van der Waals surface area (Å²) in [6.45, 7) is 5.95. The molecule has 2 heterocycles. The van der Waals surface area contributed by atoms with Crippen LogP contribution in [0.15, 0.2) is 29.1 Å². The lowest BCUT2D eigenvalue weighted by Gasteiger charge is -2.19. The van der Waals surface area contributed by atoms with Gasteiger partial charge in [-0.3, -0.25) is 9.36 Å². The van der Waals surface area contributed by atoms with Gasteiger partial charge in [0.25, 0.3) is 5.56 Å². The number of hydrogen-bond acceptors (Lipinski definition) is 5. The van der Waals surface area contributed by atoms with Crippen molar-refractivity contribution < 1.29 is 9.84 Å². The van der Waals surface area contributed by atoms with Gasteiger partial charge in [0.2, 0.25) is 0 Å². The molecule has 29 heavy (non-hydrogen) atoms. The molecule has 0 atom stereocenters. The second-order valence-electron chi connectivity index (χ2n) is 8.34. The molecule has 1 saturated carbocycles. The minimum Gasteiger partial charge on any atom is -0.425 e. The lowest BCUT2D eigenvalue weighted by atomic mass is 9.98. The highest BCUT2D eigenvalue weighted by atomic mass is 16.5. The summed E-state index contributed by atoms with van der Waals surface area (Å²) in [6, 6.07) is 7.43. The predicted molar refractivity (Wildman–Crippen MR) is 111 cm³/mol. The molecule has 0 unspecified atom stereocenters. The van der Waals surface area contributed by atoms with Crippen LogP contribution in [0.4, 0.5) is 0 Å². The topological polar surface area (TPSA) is 93.0 Å². The number of ether oxygens (including phenoxy) is 1. The second-order valence-corrected chi connectivity index (χ2v) is 8.34. The molecule has 3 aromatic rings. The smallest absolute Gasteiger partial charge is 0.306 e. The quantitative estimate of drug-likeness (QED) is 0.651. The van der Waals surface area contributed by atoms with Gasteiger partial charge in [-0.2, -0.15) is 4.98 Å². The van der Waals surface area contributed by atoms with Crippen molar-refractivity contribution in [2.75, 3.05) is 0 Å². The average molecular weight is 396 g/mol. The van der Waals surface area contributed by atoms with E-state index in [0.717, 1.165) is 30.7 Å². The Balaban J connectivity index is 1.76. The number of nitrogens with zero attached hydrogens (tertiary/aromatic N) is 3. The van der Waals surface area contributed by atoms with Gasteiger partial charge in [0.05, 0.1) is 5.60 Å². The van der Waals surface area contributed by atoms with Crippen LogP contribution < -0.4 is 10.3 Å². The third-order valence-electron chi connectivity index (χ3n) is 5.53. The SMILES string of the molecule is CCCn1c(Oc2cccc(C(C)(C)O)c2)nc2nc(C3CCCC3)[nH]c2c1=O. The number of H-pyrrole nitrogens is 1. The first-order valence-corrected chi connectivity index (χ1v) is 10.4. The highest BCUT2D eigenvalue weighted by Gasteiger charge is 2.23. The fourth-order valence-electron chi connectivity index (χ4n) is 3.92. The van der Waals surface area contributed by atoms with Gasteiger partial charge in [-0.05, 0) is 50.8 Å². The molecule has 1 aliphatic rings. The maximum atomic E-state index is 13.1. The van der Waals surface area contributed by atoms with E-state index in [9.17, 15) is 9.90 Å². The summed E-state index contributed by atoms with van der Waals surface area (Å²) in [4.78, 5) is 25.5. The van der Waals surface area contributed by atoms with Crippen molar-refractivity contribution in [2.45, 2.75) is 70.9 Å². The van der Waals surface area contributed by atoms with Crippen LogP contribution >= 0.6 is 0 Å². The van der Waals surface area contributed by atoms with Crippen LogP contribution in [0.25, 0.3) is 11.2 Å². The van der Waals surface area contributed by atoms with Crippen molar-refractivity contribution in [1.29, 1.82) is 0 Å². The molecule has 1 aliphatic carbocycles. The van der Waals surface area contributed by atoms with Crippen LogP contribution in [0, 0.1) is 0 Å². The first kappa shape index (κ1) is 19.6. The number of imidazole rings is 1. The summed E-state index contributed by atoms with van der Waals surface area (Å²) < 4.78 is 7.56. The zero-order valence-electron chi connectivity index (χ0n) is 17.2. The van der Waals surface area contributed by atoms with Gasteiger partial charge in [0.1, 0.15) is 11.6 Å². The number of aliphatic hydroxyl groups is 1. The Hall–Kier alpha value is -2.67. The van der Waals surface area contributed by atoms with E-state index in [2.05, 4.69) is 15.0 Å². The molecule has 7 heteroatoms. The molecule has 2 aromatic heterocycles. The van der Waals surface area contributed by atoms with E-state index >= 15 is 0 Å². The largest absolute Gasteiger partial charge is 0.425 e. The summed E-state index contributed by atoms with van der Waals surface area (Å²) in [6.07, 6.45) is 5.35. The van der Waals surface area contributed by atoms with Crippen LogP contribution in [0.2, 0.25) is 0 Å². The van der Waals surface area contributed by atoms with E-state index in [4.69, 9.17) is 4.74 Å². The highest BCUT2D eigenvalue weighted by molar-refractivity contribution is 5.70. The molecule has 1 aromatic carbocycles. The lowest BCUT2D eigenvalue weighted by molar-refractivity contribution is 0.0783. The van der Waals surface area contributed by atoms with Gasteiger partial charge in [-0.15, -0.1) is 0 Å². The number of aromatic nitrogens is 4. The zero-order chi connectivity index (χ0) is 20.6. The van der Waals surface area contributed by atoms with E-state index in [1.54, 1.807) is 30.5 Å². The summed E-state index contributed by atoms with van der Waals surface area (Å²) in [5.74, 6) is 1.75. The number of aromatic amines is 1. The van der Waals surface area contributed by atoms with Gasteiger partial charge in [-0.1, -0.05) is 31.9 Å². The van der Waals surface area contributed by atoms with Crippen molar-refractivity contribution in [3.63, 3.8) is 0 Å². The van der Waals surface area contributed by atoms with Crippen LogP contribution in [0.5, 0.6) is 11.8 Å². The minimum atomic E-state index is -0.988. The van der Waals surface area contributed by atoms with Crippen LogP contribution in [0.1, 0.15) is 70.2 Å². The highest BCUT2D eigenvalue weighted by Crippen LogP contribution is 2.33. The van der Waals surface area contributed by atoms with Crippen molar-refractivity contribution >= 4 is 11.2 Å². The molecular formula is C22H28N4O3. The summed E-state index contributed by atoms with van der Waals surface area (Å²) in [7, 11) is 0. The molecule has 7 nitrogen and oxygen atoms in total. The molecule has 0 saturated heterocycles. The lowest BCUT2D eigenvalue weighted by Crippen LogP contribution is -2.23. The predicted octanol–water partition coefficient (Wildman–Crippen LogP) is 4.21. The summed E-state index contributed by atoms with van der Waals surface area (Å²) in [5, 5.41) is 10.3. The minimum absolute atomic E-state index is 0.165. The molecule has 0 aliphatic heterocycles. The van der Waals surface area contributed by atoms with Crippen molar-refractivity contribution in [3.05, 3.63) is 46.0 Å². The van der Waals surface area contributed by atoms with Gasteiger partial charge < -0.3 is 14.8 Å². The van der Waals surface area contributed by atoms with Crippen molar-refractivity contribution in [1.82, 2.24) is 19.5 Å². The maximum absolute atomic E-state index is 13.1. The molecule has 4 rings (SSSR count). The third-order valence-corrected chi connectivity index (χ3v) is 5.53. The molecule has 0 amide bonds. The Morgan fingerprint density at radius 2 is 2.03 bits per heavy atom. The monoisotopic (exact) mass is 396 g/mol. The van der Waals surface area contributed by atoms with Crippen LogP contribution in [-0.4, -0.2) is 24.6 Å². The van der Waals surface area contributed by atoms with Gasteiger partial charge in [0, 0.05) is 12.5 Å². The Labute approximate surface area is 169 Å². The molecule has 0 radical (unpaired) electrons. The Bertz CT molecular complexity index is 1070. The number of nitrogens with one attached hydrogen (secondary N) is 1. The zero-order valence-corrected chi connectivity index (χ0v) is 17.2. The fourth-order valence-corrected chi connectivity index (χ4v) is 3.92. The molecule has 0 bridgehead atoms. The van der Waals surface area contributed by atoms with Crippen LogP contribution in [0.3, 0.4) is 0 Å². The Morgan fingerprint density at radius 1 is 1.28 bits per heavy atom. The number of rotatable bonds is 6. The summed E-state index contributed by atoms with van der Waals surface area (Å²) in [5.41, 5.74) is 0.417. The first-order valence-electron chi connectivity index (χ1n) is 10.4. The number of hydrogen-bond donors (Lipinski definition) is 2. The van der Waals surface area contributed by atoms with Crippen LogP contribution in [-0.2, 0) is 12.1 Å². The van der Waals surface area contributed by atoms with Gasteiger partial charge in [0.15, 0.2) is 11.2 Å². The van der Waals surface area contributed by atoms with E-state index in [-0.39, 0.29) is 11.6 Å². The van der Waals surface area contributed by atoms with Gasteiger partial charge in [-0.25, -0.2) is 4.98 Å². The standard InChI is InChI=1S/C22H28N4O3/c1-4-12-26-20(27)17-19(24-18(23-17)14-8-5-6-9-14)25-21(26)29-16-11-7-10-15(13-16)22(2,3)28/h7,10-11,13-14,28H,4-6,8-9,12H2,1-3H3,(H,23,24). The maximum Gasteiger partial charge on any atom is 0.306 e. The molecule has 0 spiro atoms. The fraction of sp³-hybridized carbons (Fsp3) is 0.500. The Morgan fingerprint density at radius 3 is 2.72 bits per heavy atom. The average Bonchev–Trinajstić information content (AvgIpc) is 3.34. The van der Waals surface area contributed by atoms with Gasteiger partial charge >= 0.3 is 6.01 Å². The molecular weight excluding hydrogens is 368 g/mol. The van der Waals surface area contributed by atoms with E-state index in [1.165, 1.54) is 12.8 Å². The molecule has 1 fully saturated rings. The second kappa shape index (κ2) is 7.63. The van der Waals surface area contributed by atoms with Crippen molar-refractivity contribution in [3.8, 4) is 11.8 Å². The first-order chi connectivity index (χ1) is 13.9. The molecule has 2 N–H and O–H groups in total.